The number of cyclic esters (lactones) is 6. The first-order chi connectivity index (χ1) is 28.2. The third kappa shape index (κ3) is 5.87. The van der Waals surface area contributed by atoms with Gasteiger partial charge in [0.1, 0.15) is 35.7 Å². The highest BCUT2D eigenvalue weighted by Gasteiger charge is 2.83. The lowest BCUT2D eigenvalue weighted by atomic mass is 9.70. The highest BCUT2D eigenvalue weighted by atomic mass is 16.7. The first kappa shape index (κ1) is 38.2. The van der Waals surface area contributed by atoms with E-state index in [0.717, 1.165) is 25.7 Å². The van der Waals surface area contributed by atoms with Crippen LogP contribution < -0.4 is 0 Å². The molecule has 5 saturated carbocycles. The Morgan fingerprint density at radius 1 is 0.500 bits per heavy atom. The normalized spacial score (nSPS) is 49.5. The summed E-state index contributed by atoms with van der Waals surface area (Å²) in [6.45, 7) is 3.23. The minimum Gasteiger partial charge on any atom is -0.393 e. The third-order valence-electron chi connectivity index (χ3n) is 16.8. The quantitative estimate of drug-likeness (QED) is 0.0760. The number of hydrogen-bond acceptors (Lipinski definition) is 14. The van der Waals surface area contributed by atoms with Crippen LogP contribution in [-0.4, -0.2) is 97.4 Å². The Balaban J connectivity index is 0.000000110. The Morgan fingerprint density at radius 3 is 1.67 bits per heavy atom. The molecule has 8 aliphatic heterocycles. The zero-order chi connectivity index (χ0) is 39.6. The molecule has 14 nitrogen and oxygen atoms in total. The van der Waals surface area contributed by atoms with Crippen LogP contribution >= 0.6 is 0 Å². The first-order valence-corrected chi connectivity index (χ1v) is 22.7. The minimum atomic E-state index is -0.805. The molecule has 0 N–H and O–H groups in total. The molecule has 316 valence electrons. The first-order valence-electron chi connectivity index (χ1n) is 22.7. The van der Waals surface area contributed by atoms with Gasteiger partial charge in [0.05, 0.1) is 54.7 Å². The van der Waals surface area contributed by atoms with Crippen LogP contribution in [0.5, 0.6) is 0 Å². The number of carbonyl (C=O) groups is 6. The predicted octanol–water partition coefficient (Wildman–Crippen LogP) is 4.01. The number of carbonyl (C=O) groups excluding carboxylic acids is 6. The molecule has 0 amide bonds. The standard InChI is InChI=1S/C23H36O6.C12H12O4.C9H8O4/c1-2-3-4-5-6-7-8-9-10-11-12-13-14-26-15-23-17-16(21(24)28-22(17)25)18(29-23)19-20(23)27-19;13-11-8-3-1-5(9(8)12(14)16-11)7-4(3)2-6-10(7)15-6;10-8-4-2-1-3(7-6(2)12-7)5(4)9(11)13-8/h16-20H,2-15H2,1H3;3-10H,1-2H2;2-7H,1H2. The van der Waals surface area contributed by atoms with E-state index >= 15 is 0 Å². The Kier molecular flexibility index (Phi) is 9.48. The van der Waals surface area contributed by atoms with Crippen LogP contribution in [0.1, 0.15) is 103 Å². The van der Waals surface area contributed by atoms with Gasteiger partial charge in [0, 0.05) is 18.4 Å². The SMILES string of the molecule is CCCCCCCCCCCCCCOCC12OC(C3OC31)C1C(=O)OC(=O)C12.O=C1OC(=O)C2C3CC(C4CC5OC5C43)C12.O=C1OC(=O)C2C3CC(C4OC34)C12. The molecule has 13 aliphatic rings. The Hall–Kier alpha value is -2.78. The molecule has 8 saturated heterocycles. The molecule has 14 heteroatoms. The van der Waals surface area contributed by atoms with Crippen LogP contribution in [0.15, 0.2) is 0 Å². The van der Waals surface area contributed by atoms with E-state index in [1.807, 2.05) is 0 Å². The zero-order valence-electron chi connectivity index (χ0n) is 33.2. The van der Waals surface area contributed by atoms with E-state index < -0.39 is 29.4 Å². The van der Waals surface area contributed by atoms with Crippen molar-refractivity contribution in [1.82, 2.24) is 0 Å². The monoisotopic (exact) mass is 808 g/mol. The van der Waals surface area contributed by atoms with Crippen molar-refractivity contribution in [1.29, 1.82) is 0 Å². The summed E-state index contributed by atoms with van der Waals surface area (Å²) in [6.07, 6.45) is 19.8. The van der Waals surface area contributed by atoms with E-state index in [1.165, 1.54) is 70.6 Å². The second-order valence-electron chi connectivity index (χ2n) is 19.6. The van der Waals surface area contributed by atoms with E-state index in [9.17, 15) is 28.8 Å². The van der Waals surface area contributed by atoms with Gasteiger partial charge in [-0.15, -0.1) is 0 Å². The molecule has 5 aliphatic carbocycles. The van der Waals surface area contributed by atoms with Gasteiger partial charge in [-0.05, 0) is 49.4 Å². The molecule has 13 fully saturated rings. The molecule has 0 aromatic heterocycles. The molecule has 0 spiro atoms. The fraction of sp³-hybridized carbons (Fsp3) is 0.864. The van der Waals surface area contributed by atoms with Crippen LogP contribution in [0, 0.1) is 71.0 Å². The van der Waals surface area contributed by atoms with Gasteiger partial charge in [0.25, 0.3) is 0 Å². The largest absolute Gasteiger partial charge is 0.393 e. The number of unbranched alkanes of at least 4 members (excludes halogenated alkanes) is 11. The highest BCUT2D eigenvalue weighted by Crippen LogP contribution is 2.69. The maximum absolute atomic E-state index is 12.1. The third-order valence-corrected chi connectivity index (χ3v) is 16.8. The zero-order valence-corrected chi connectivity index (χ0v) is 33.2. The van der Waals surface area contributed by atoms with Crippen LogP contribution in [0.3, 0.4) is 0 Å². The van der Waals surface area contributed by atoms with Gasteiger partial charge in [-0.1, -0.05) is 77.6 Å². The fourth-order valence-corrected chi connectivity index (χ4v) is 14.3. The molecule has 20 unspecified atom stereocenters. The van der Waals surface area contributed by atoms with Gasteiger partial charge >= 0.3 is 35.8 Å². The molecule has 13 rings (SSSR count). The van der Waals surface area contributed by atoms with Crippen LogP contribution in [0.4, 0.5) is 0 Å². The summed E-state index contributed by atoms with van der Waals surface area (Å²) in [4.78, 5) is 70.1. The lowest BCUT2D eigenvalue weighted by Gasteiger charge is -2.31. The molecule has 0 aromatic rings. The van der Waals surface area contributed by atoms with Crippen molar-refractivity contribution in [2.45, 2.75) is 152 Å². The summed E-state index contributed by atoms with van der Waals surface area (Å²) in [5, 5.41) is 0. The maximum Gasteiger partial charge on any atom is 0.320 e. The molecule has 8 heterocycles. The van der Waals surface area contributed by atoms with Gasteiger partial charge in [-0.2, -0.15) is 0 Å². The summed E-state index contributed by atoms with van der Waals surface area (Å²) < 4.78 is 43.0. The highest BCUT2D eigenvalue weighted by molar-refractivity contribution is 5.99. The van der Waals surface area contributed by atoms with Crippen molar-refractivity contribution in [3.05, 3.63) is 0 Å². The molecule has 0 radical (unpaired) electrons. The molecule has 6 bridgehead atoms. The summed E-state index contributed by atoms with van der Waals surface area (Å²) in [5.74, 6) is -1.13. The van der Waals surface area contributed by atoms with Gasteiger partial charge in [-0.25, -0.2) is 0 Å². The van der Waals surface area contributed by atoms with Crippen molar-refractivity contribution >= 4 is 35.8 Å². The van der Waals surface area contributed by atoms with E-state index in [4.69, 9.17) is 33.2 Å². The number of epoxide rings is 3. The summed E-state index contributed by atoms with van der Waals surface area (Å²) in [7, 11) is 0. The molecular formula is C44H56O14. The van der Waals surface area contributed by atoms with Gasteiger partial charge in [0.15, 0.2) is 0 Å². The average Bonchev–Trinajstić information content (AvgIpc) is 3.92. The minimum absolute atomic E-state index is 0.0649. The molecule has 0 aromatic carbocycles. The van der Waals surface area contributed by atoms with E-state index in [0.29, 0.717) is 49.1 Å². The predicted molar refractivity (Wildman–Crippen MR) is 195 cm³/mol. The van der Waals surface area contributed by atoms with Crippen molar-refractivity contribution in [3.8, 4) is 0 Å². The van der Waals surface area contributed by atoms with Crippen molar-refractivity contribution in [2.24, 2.45) is 71.0 Å². The average molecular weight is 809 g/mol. The molecular weight excluding hydrogens is 752 g/mol. The lowest BCUT2D eigenvalue weighted by molar-refractivity contribution is -0.167. The molecule has 20 atom stereocenters. The van der Waals surface area contributed by atoms with Crippen LogP contribution in [-0.2, 0) is 66.7 Å². The van der Waals surface area contributed by atoms with Crippen molar-refractivity contribution in [2.75, 3.05) is 13.2 Å². The Bertz CT molecular complexity index is 1720. The summed E-state index contributed by atoms with van der Waals surface area (Å²) in [6, 6.07) is 0. The maximum atomic E-state index is 12.1. The van der Waals surface area contributed by atoms with E-state index in [-0.39, 0.29) is 89.9 Å². The van der Waals surface area contributed by atoms with Gasteiger partial charge in [-0.3, -0.25) is 28.8 Å². The smallest absolute Gasteiger partial charge is 0.320 e. The van der Waals surface area contributed by atoms with Gasteiger partial charge in [0.2, 0.25) is 0 Å². The van der Waals surface area contributed by atoms with Crippen LogP contribution in [0.25, 0.3) is 0 Å². The Morgan fingerprint density at radius 2 is 1.03 bits per heavy atom. The van der Waals surface area contributed by atoms with Gasteiger partial charge < -0.3 is 37.9 Å². The number of hydrogen-bond donors (Lipinski definition) is 0. The summed E-state index contributed by atoms with van der Waals surface area (Å²) >= 11 is 0. The number of ether oxygens (including phenoxy) is 8. The number of fused-ring (bicyclic) bond motifs is 26. The number of rotatable bonds is 15. The van der Waals surface area contributed by atoms with Crippen molar-refractivity contribution < 1.29 is 66.7 Å². The Labute approximate surface area is 337 Å². The fourth-order valence-electron chi connectivity index (χ4n) is 14.3. The van der Waals surface area contributed by atoms with Crippen LogP contribution in [0.2, 0.25) is 0 Å². The summed E-state index contributed by atoms with van der Waals surface area (Å²) in [5.41, 5.74) is -0.805. The topological polar surface area (TPSA) is 186 Å². The van der Waals surface area contributed by atoms with E-state index in [2.05, 4.69) is 11.7 Å². The van der Waals surface area contributed by atoms with E-state index in [1.54, 1.807) is 0 Å². The lowest BCUT2D eigenvalue weighted by Crippen LogP contribution is -2.49. The number of esters is 6. The molecule has 58 heavy (non-hydrogen) atoms. The second-order valence-corrected chi connectivity index (χ2v) is 19.6. The second kappa shape index (κ2) is 14.4. The van der Waals surface area contributed by atoms with Crippen molar-refractivity contribution in [3.63, 3.8) is 0 Å².